The van der Waals surface area contributed by atoms with Gasteiger partial charge < -0.3 is 9.64 Å². The highest BCUT2D eigenvalue weighted by molar-refractivity contribution is 5.93. The minimum Gasteiger partial charge on any atom is -0.469 e. The summed E-state index contributed by atoms with van der Waals surface area (Å²) in [5, 5.41) is 4.27. The number of rotatable bonds is 3. The van der Waals surface area contributed by atoms with E-state index in [1.54, 1.807) is 22.0 Å². The van der Waals surface area contributed by atoms with Crippen LogP contribution in [0.3, 0.4) is 0 Å². The fourth-order valence-electron chi connectivity index (χ4n) is 3.58. The summed E-state index contributed by atoms with van der Waals surface area (Å²) in [4.78, 5) is 31.7. The van der Waals surface area contributed by atoms with E-state index in [0.717, 1.165) is 17.2 Å². The lowest BCUT2D eigenvalue weighted by atomic mass is 10.1. The maximum Gasteiger partial charge on any atom is 0.312 e. The van der Waals surface area contributed by atoms with Crippen LogP contribution in [-0.4, -0.2) is 49.8 Å². The van der Waals surface area contributed by atoms with Crippen LogP contribution in [0.2, 0.25) is 0 Å². The van der Waals surface area contributed by atoms with Crippen molar-refractivity contribution in [3.8, 4) is 5.69 Å². The molecule has 0 saturated carbocycles. The van der Waals surface area contributed by atoms with E-state index >= 15 is 0 Å². The zero-order valence-corrected chi connectivity index (χ0v) is 15.8. The second kappa shape index (κ2) is 7.30. The monoisotopic (exact) mass is 379 g/mol. The van der Waals surface area contributed by atoms with E-state index in [1.165, 1.54) is 7.11 Å². The van der Waals surface area contributed by atoms with Gasteiger partial charge in [0.25, 0.3) is 5.91 Å². The van der Waals surface area contributed by atoms with Crippen molar-refractivity contribution in [2.75, 3.05) is 13.7 Å². The lowest BCUT2D eigenvalue weighted by molar-refractivity contribution is -0.146. The lowest BCUT2D eigenvalue weighted by Gasteiger charge is -2.23. The van der Waals surface area contributed by atoms with Crippen LogP contribution in [0.1, 0.15) is 22.0 Å². The van der Waals surface area contributed by atoms with Crippen LogP contribution in [0.25, 0.3) is 5.69 Å². The van der Waals surface area contributed by atoms with Crippen molar-refractivity contribution in [1.82, 2.24) is 24.2 Å². The minimum absolute atomic E-state index is 0.187. The van der Waals surface area contributed by atoms with E-state index < -0.39 is 5.92 Å². The van der Waals surface area contributed by atoms with Crippen molar-refractivity contribution in [1.29, 1.82) is 0 Å². The standard InChI is InChI=1S/C20H21N5O3/c1-14-21-10-18(25(14)16-6-4-3-5-7-16)19(26)23-11-15(20(27)28-2)12-24-17(13-23)8-9-22-24/h3-10,15H,11-13H2,1-2H3. The Bertz CT molecular complexity index is 1010. The van der Waals surface area contributed by atoms with Crippen LogP contribution in [0.15, 0.2) is 48.8 Å². The quantitative estimate of drug-likeness (QED) is 0.649. The van der Waals surface area contributed by atoms with Crippen LogP contribution < -0.4 is 0 Å². The van der Waals surface area contributed by atoms with Crippen molar-refractivity contribution in [2.24, 2.45) is 5.92 Å². The minimum atomic E-state index is -0.482. The molecular weight excluding hydrogens is 358 g/mol. The summed E-state index contributed by atoms with van der Waals surface area (Å²) < 4.78 is 8.52. The van der Waals surface area contributed by atoms with Crippen molar-refractivity contribution < 1.29 is 14.3 Å². The topological polar surface area (TPSA) is 82.2 Å². The van der Waals surface area contributed by atoms with Gasteiger partial charge in [-0.05, 0) is 25.1 Å². The molecule has 2 aromatic heterocycles. The summed E-state index contributed by atoms with van der Waals surface area (Å²) in [5.74, 6) is -0.301. The fourth-order valence-corrected chi connectivity index (χ4v) is 3.58. The number of carbonyl (C=O) groups is 2. The molecule has 0 spiro atoms. The van der Waals surface area contributed by atoms with Gasteiger partial charge in [-0.1, -0.05) is 18.2 Å². The molecule has 1 aliphatic rings. The van der Waals surface area contributed by atoms with Crippen molar-refractivity contribution in [3.05, 3.63) is 66.0 Å². The van der Waals surface area contributed by atoms with Crippen molar-refractivity contribution in [2.45, 2.75) is 20.0 Å². The number of methoxy groups -OCH3 is 1. The Morgan fingerprint density at radius 3 is 2.68 bits per heavy atom. The number of benzene rings is 1. The Morgan fingerprint density at radius 1 is 1.14 bits per heavy atom. The third-order valence-electron chi connectivity index (χ3n) is 4.98. The maximum absolute atomic E-state index is 13.4. The predicted molar refractivity (Wildman–Crippen MR) is 101 cm³/mol. The molecule has 8 nitrogen and oxygen atoms in total. The van der Waals surface area contributed by atoms with Gasteiger partial charge in [-0.25, -0.2) is 4.98 Å². The number of aromatic nitrogens is 4. The molecular formula is C20H21N5O3. The fraction of sp³-hybridized carbons (Fsp3) is 0.300. The van der Waals surface area contributed by atoms with Crippen LogP contribution in [0.4, 0.5) is 0 Å². The van der Waals surface area contributed by atoms with Gasteiger partial charge in [0.05, 0.1) is 38.0 Å². The van der Waals surface area contributed by atoms with E-state index in [4.69, 9.17) is 4.74 Å². The Hall–Kier alpha value is -3.42. The highest BCUT2D eigenvalue weighted by atomic mass is 16.5. The molecule has 0 fully saturated rings. The normalized spacial score (nSPS) is 16.4. The summed E-state index contributed by atoms with van der Waals surface area (Å²) >= 11 is 0. The van der Waals surface area contributed by atoms with Gasteiger partial charge in [-0.15, -0.1) is 0 Å². The first-order valence-electron chi connectivity index (χ1n) is 9.06. The SMILES string of the molecule is COC(=O)C1CN(C(=O)c2cnc(C)n2-c2ccccc2)Cc2ccnn2C1. The third-order valence-corrected chi connectivity index (χ3v) is 4.98. The number of nitrogens with zero attached hydrogens (tertiary/aromatic N) is 5. The number of carbonyl (C=O) groups excluding carboxylic acids is 2. The summed E-state index contributed by atoms with van der Waals surface area (Å²) in [7, 11) is 1.36. The maximum atomic E-state index is 13.4. The number of esters is 1. The summed E-state index contributed by atoms with van der Waals surface area (Å²) in [6.45, 7) is 2.87. The molecule has 1 amide bonds. The molecule has 0 N–H and O–H groups in total. The molecule has 0 radical (unpaired) electrons. The van der Waals surface area contributed by atoms with Crippen molar-refractivity contribution in [3.63, 3.8) is 0 Å². The first kappa shape index (κ1) is 18.0. The molecule has 1 aliphatic heterocycles. The zero-order chi connectivity index (χ0) is 19.7. The number of fused-ring (bicyclic) bond motifs is 1. The van der Waals surface area contributed by atoms with Gasteiger partial charge in [0.1, 0.15) is 11.5 Å². The molecule has 0 saturated heterocycles. The number of para-hydroxylation sites is 1. The Morgan fingerprint density at radius 2 is 1.93 bits per heavy atom. The lowest BCUT2D eigenvalue weighted by Crippen LogP contribution is -2.37. The average molecular weight is 379 g/mol. The summed E-state index contributed by atoms with van der Waals surface area (Å²) in [6, 6.07) is 11.5. The smallest absolute Gasteiger partial charge is 0.312 e. The first-order chi connectivity index (χ1) is 13.6. The zero-order valence-electron chi connectivity index (χ0n) is 15.8. The van der Waals surface area contributed by atoms with E-state index in [1.807, 2.05) is 47.9 Å². The van der Waals surface area contributed by atoms with Gasteiger partial charge in [-0.3, -0.25) is 18.8 Å². The molecule has 144 valence electrons. The van der Waals surface area contributed by atoms with E-state index in [-0.39, 0.29) is 18.4 Å². The number of imidazole rings is 1. The van der Waals surface area contributed by atoms with Crippen LogP contribution in [-0.2, 0) is 22.6 Å². The van der Waals surface area contributed by atoms with Gasteiger partial charge >= 0.3 is 5.97 Å². The van der Waals surface area contributed by atoms with Crippen LogP contribution in [0.5, 0.6) is 0 Å². The van der Waals surface area contributed by atoms with E-state index in [9.17, 15) is 9.59 Å². The highest BCUT2D eigenvalue weighted by Gasteiger charge is 2.32. The van der Waals surface area contributed by atoms with Gasteiger partial charge in [0, 0.05) is 18.4 Å². The van der Waals surface area contributed by atoms with Crippen LogP contribution in [0, 0.1) is 12.8 Å². The van der Waals surface area contributed by atoms with Gasteiger partial charge in [0.15, 0.2) is 0 Å². The Kier molecular flexibility index (Phi) is 4.68. The molecule has 1 atom stereocenters. The first-order valence-corrected chi connectivity index (χ1v) is 9.06. The largest absolute Gasteiger partial charge is 0.469 e. The summed E-state index contributed by atoms with van der Waals surface area (Å²) in [5.41, 5.74) is 2.20. The van der Waals surface area contributed by atoms with Gasteiger partial charge in [0.2, 0.25) is 0 Å². The van der Waals surface area contributed by atoms with Crippen LogP contribution >= 0.6 is 0 Å². The highest BCUT2D eigenvalue weighted by Crippen LogP contribution is 2.21. The van der Waals surface area contributed by atoms with Crippen molar-refractivity contribution >= 4 is 11.9 Å². The Labute approximate surface area is 162 Å². The molecule has 0 bridgehead atoms. The number of ether oxygens (including phenoxy) is 1. The van der Waals surface area contributed by atoms with E-state index in [2.05, 4.69) is 10.1 Å². The van der Waals surface area contributed by atoms with Gasteiger partial charge in [-0.2, -0.15) is 5.10 Å². The molecule has 28 heavy (non-hydrogen) atoms. The third kappa shape index (κ3) is 3.17. The second-order valence-corrected chi connectivity index (χ2v) is 6.77. The number of amides is 1. The number of hydrogen-bond acceptors (Lipinski definition) is 5. The molecule has 1 aromatic carbocycles. The molecule has 1 unspecified atom stereocenters. The summed E-state index contributed by atoms with van der Waals surface area (Å²) in [6.07, 6.45) is 3.26. The molecule has 3 aromatic rings. The van der Waals surface area contributed by atoms with E-state index in [0.29, 0.717) is 18.8 Å². The molecule has 4 rings (SSSR count). The molecule has 8 heteroatoms. The predicted octanol–water partition coefficient (Wildman–Crippen LogP) is 1.82. The Balaban J connectivity index is 1.71. The molecule has 0 aliphatic carbocycles. The molecule has 3 heterocycles. The average Bonchev–Trinajstić information content (AvgIpc) is 3.27. The second-order valence-electron chi connectivity index (χ2n) is 6.77. The number of hydrogen-bond donors (Lipinski definition) is 0. The number of aryl methyl sites for hydroxylation is 1.